The summed E-state index contributed by atoms with van der Waals surface area (Å²) >= 11 is 0. The maximum absolute atomic E-state index is 12.6. The van der Waals surface area contributed by atoms with E-state index in [1.807, 2.05) is 36.4 Å². The van der Waals surface area contributed by atoms with E-state index >= 15 is 0 Å². The Morgan fingerprint density at radius 1 is 0.857 bits per heavy atom. The van der Waals surface area contributed by atoms with E-state index in [1.165, 1.54) is 6.92 Å². The molecule has 4 rings (SSSR count). The SMILES string of the molecule is CC(=O)Nc1ccc(NC(=O)c2ccc3nc(-c4ccccc4)[nH]c3c2)cc1. The summed E-state index contributed by atoms with van der Waals surface area (Å²) < 4.78 is 0. The average Bonchev–Trinajstić information content (AvgIpc) is 3.13. The zero-order valence-corrected chi connectivity index (χ0v) is 15.2. The summed E-state index contributed by atoms with van der Waals surface area (Å²) in [7, 11) is 0. The fourth-order valence-corrected chi connectivity index (χ4v) is 2.93. The molecular formula is C22H18N4O2. The Labute approximate surface area is 161 Å². The van der Waals surface area contributed by atoms with Crippen LogP contribution in [0.3, 0.4) is 0 Å². The number of nitrogens with zero attached hydrogens (tertiary/aromatic N) is 1. The molecule has 0 spiro atoms. The molecule has 138 valence electrons. The van der Waals surface area contributed by atoms with E-state index in [9.17, 15) is 9.59 Å². The van der Waals surface area contributed by atoms with E-state index < -0.39 is 0 Å². The van der Waals surface area contributed by atoms with Crippen molar-refractivity contribution in [3.63, 3.8) is 0 Å². The number of benzene rings is 3. The van der Waals surface area contributed by atoms with Crippen LogP contribution in [0.4, 0.5) is 11.4 Å². The topological polar surface area (TPSA) is 86.9 Å². The van der Waals surface area contributed by atoms with Gasteiger partial charge in [0, 0.05) is 29.4 Å². The lowest BCUT2D eigenvalue weighted by Crippen LogP contribution is -2.12. The van der Waals surface area contributed by atoms with Gasteiger partial charge in [0.05, 0.1) is 11.0 Å². The van der Waals surface area contributed by atoms with Crippen LogP contribution in [0, 0.1) is 0 Å². The van der Waals surface area contributed by atoms with Gasteiger partial charge in [0.2, 0.25) is 5.91 Å². The van der Waals surface area contributed by atoms with Crippen molar-refractivity contribution < 1.29 is 9.59 Å². The van der Waals surface area contributed by atoms with E-state index in [4.69, 9.17) is 0 Å². The lowest BCUT2D eigenvalue weighted by atomic mass is 10.2. The van der Waals surface area contributed by atoms with Crippen LogP contribution in [0.5, 0.6) is 0 Å². The summed E-state index contributed by atoms with van der Waals surface area (Å²) in [5.74, 6) is 0.409. The van der Waals surface area contributed by atoms with E-state index in [0.29, 0.717) is 16.9 Å². The first-order valence-electron chi connectivity index (χ1n) is 8.83. The van der Waals surface area contributed by atoms with E-state index in [2.05, 4.69) is 20.6 Å². The van der Waals surface area contributed by atoms with Gasteiger partial charge in [-0.25, -0.2) is 4.98 Å². The number of aromatic amines is 1. The molecular weight excluding hydrogens is 352 g/mol. The molecule has 0 fully saturated rings. The van der Waals surface area contributed by atoms with Gasteiger partial charge in [0.25, 0.3) is 5.91 Å². The third kappa shape index (κ3) is 3.76. The lowest BCUT2D eigenvalue weighted by Gasteiger charge is -2.07. The highest BCUT2D eigenvalue weighted by molar-refractivity contribution is 6.06. The summed E-state index contributed by atoms with van der Waals surface area (Å²) in [6.45, 7) is 1.45. The maximum atomic E-state index is 12.6. The molecule has 1 aromatic heterocycles. The number of nitrogens with one attached hydrogen (secondary N) is 3. The zero-order chi connectivity index (χ0) is 19.5. The molecule has 0 unspecified atom stereocenters. The molecule has 3 aromatic carbocycles. The third-order valence-corrected chi connectivity index (χ3v) is 4.25. The van der Waals surface area contributed by atoms with Gasteiger partial charge >= 0.3 is 0 Å². The Kier molecular flexibility index (Phi) is 4.60. The van der Waals surface area contributed by atoms with E-state index in [-0.39, 0.29) is 11.8 Å². The minimum absolute atomic E-state index is 0.139. The van der Waals surface area contributed by atoms with Crippen molar-refractivity contribution in [1.82, 2.24) is 9.97 Å². The number of imidazole rings is 1. The predicted molar refractivity (Wildman–Crippen MR) is 110 cm³/mol. The van der Waals surface area contributed by atoms with Gasteiger partial charge in [-0.3, -0.25) is 9.59 Å². The molecule has 4 aromatic rings. The van der Waals surface area contributed by atoms with Gasteiger partial charge in [0.15, 0.2) is 0 Å². The van der Waals surface area contributed by atoms with Crippen molar-refractivity contribution >= 4 is 34.2 Å². The summed E-state index contributed by atoms with van der Waals surface area (Å²) in [5.41, 5.74) is 4.44. The Balaban J connectivity index is 1.53. The first-order valence-corrected chi connectivity index (χ1v) is 8.83. The van der Waals surface area contributed by atoms with Crippen LogP contribution in [0.2, 0.25) is 0 Å². The number of aromatic nitrogens is 2. The van der Waals surface area contributed by atoms with Crippen LogP contribution in [0.1, 0.15) is 17.3 Å². The minimum Gasteiger partial charge on any atom is -0.338 e. The van der Waals surface area contributed by atoms with Crippen molar-refractivity contribution in [2.75, 3.05) is 10.6 Å². The molecule has 2 amide bonds. The van der Waals surface area contributed by atoms with Crippen LogP contribution in [-0.4, -0.2) is 21.8 Å². The quantitative estimate of drug-likeness (QED) is 0.496. The molecule has 0 bridgehead atoms. The molecule has 6 heteroatoms. The summed E-state index contributed by atoms with van der Waals surface area (Å²) in [5, 5.41) is 5.55. The molecule has 0 atom stereocenters. The van der Waals surface area contributed by atoms with Gasteiger partial charge in [-0.15, -0.1) is 0 Å². The van der Waals surface area contributed by atoms with Crippen molar-refractivity contribution in [2.24, 2.45) is 0 Å². The first kappa shape index (κ1) is 17.5. The molecule has 28 heavy (non-hydrogen) atoms. The van der Waals surface area contributed by atoms with Crippen LogP contribution in [-0.2, 0) is 4.79 Å². The number of H-pyrrole nitrogens is 1. The number of fused-ring (bicyclic) bond motifs is 1. The van der Waals surface area contributed by atoms with Crippen LogP contribution in [0.15, 0.2) is 72.8 Å². The molecule has 0 aliphatic rings. The largest absolute Gasteiger partial charge is 0.338 e. The number of carbonyl (C=O) groups is 2. The fourth-order valence-electron chi connectivity index (χ4n) is 2.93. The lowest BCUT2D eigenvalue weighted by molar-refractivity contribution is -0.114. The number of rotatable bonds is 4. The minimum atomic E-state index is -0.218. The number of carbonyl (C=O) groups excluding carboxylic acids is 2. The fraction of sp³-hybridized carbons (Fsp3) is 0.0455. The normalized spacial score (nSPS) is 10.6. The molecule has 0 saturated carbocycles. The van der Waals surface area contributed by atoms with Crippen LogP contribution < -0.4 is 10.6 Å². The number of amides is 2. The highest BCUT2D eigenvalue weighted by Crippen LogP contribution is 2.22. The van der Waals surface area contributed by atoms with Crippen LogP contribution >= 0.6 is 0 Å². The van der Waals surface area contributed by atoms with Gasteiger partial charge in [0.1, 0.15) is 5.82 Å². The summed E-state index contributed by atoms with van der Waals surface area (Å²) in [6.07, 6.45) is 0. The summed E-state index contributed by atoms with van der Waals surface area (Å²) in [4.78, 5) is 31.5. The van der Waals surface area contributed by atoms with Crippen molar-refractivity contribution in [3.05, 3.63) is 78.4 Å². The van der Waals surface area contributed by atoms with Gasteiger partial charge < -0.3 is 15.6 Å². The van der Waals surface area contributed by atoms with Crippen molar-refractivity contribution in [1.29, 1.82) is 0 Å². The van der Waals surface area contributed by atoms with E-state index in [1.54, 1.807) is 36.4 Å². The first-order chi connectivity index (χ1) is 13.6. The second kappa shape index (κ2) is 7.36. The monoisotopic (exact) mass is 370 g/mol. The highest BCUT2D eigenvalue weighted by atomic mass is 16.2. The maximum Gasteiger partial charge on any atom is 0.255 e. The molecule has 6 nitrogen and oxygen atoms in total. The Hall–Kier alpha value is -3.93. The third-order valence-electron chi connectivity index (χ3n) is 4.25. The Morgan fingerprint density at radius 3 is 2.21 bits per heavy atom. The molecule has 0 aliphatic carbocycles. The van der Waals surface area contributed by atoms with Gasteiger partial charge in [-0.1, -0.05) is 30.3 Å². The van der Waals surface area contributed by atoms with Gasteiger partial charge in [-0.05, 0) is 42.5 Å². The second-order valence-corrected chi connectivity index (χ2v) is 6.40. The standard InChI is InChI=1S/C22H18N4O2/c1-14(27)23-17-8-10-18(11-9-17)24-22(28)16-7-12-19-20(13-16)26-21(25-19)15-5-3-2-4-6-15/h2-13H,1H3,(H,23,27)(H,24,28)(H,25,26). The average molecular weight is 370 g/mol. The van der Waals surface area contributed by atoms with Crippen molar-refractivity contribution in [2.45, 2.75) is 6.92 Å². The van der Waals surface area contributed by atoms with E-state index in [0.717, 1.165) is 22.4 Å². The van der Waals surface area contributed by atoms with Crippen LogP contribution in [0.25, 0.3) is 22.4 Å². The second-order valence-electron chi connectivity index (χ2n) is 6.40. The highest BCUT2D eigenvalue weighted by Gasteiger charge is 2.10. The summed E-state index contributed by atoms with van der Waals surface area (Å²) in [6, 6.07) is 22.2. The Bertz CT molecular complexity index is 1150. The molecule has 0 saturated heterocycles. The molecule has 3 N–H and O–H groups in total. The predicted octanol–water partition coefficient (Wildman–Crippen LogP) is 4.44. The smallest absolute Gasteiger partial charge is 0.255 e. The Morgan fingerprint density at radius 2 is 1.54 bits per heavy atom. The number of hydrogen-bond donors (Lipinski definition) is 3. The molecule has 0 aliphatic heterocycles. The number of anilines is 2. The molecule has 0 radical (unpaired) electrons. The zero-order valence-electron chi connectivity index (χ0n) is 15.2. The molecule has 1 heterocycles. The van der Waals surface area contributed by atoms with Crippen molar-refractivity contribution in [3.8, 4) is 11.4 Å². The number of hydrogen-bond acceptors (Lipinski definition) is 3. The van der Waals surface area contributed by atoms with Gasteiger partial charge in [-0.2, -0.15) is 0 Å².